The molecule has 0 saturated heterocycles. The van der Waals surface area contributed by atoms with Crippen LogP contribution in [-0.4, -0.2) is 29.3 Å². The molecule has 3 aliphatic rings. The van der Waals surface area contributed by atoms with Crippen LogP contribution in [0.4, 0.5) is 5.82 Å². The summed E-state index contributed by atoms with van der Waals surface area (Å²) in [5, 5.41) is 0. The Morgan fingerprint density at radius 3 is 2.64 bits per heavy atom. The molecule has 1 aromatic heterocycles. The van der Waals surface area contributed by atoms with Crippen LogP contribution in [-0.2, 0) is 9.53 Å². The van der Waals surface area contributed by atoms with E-state index in [0.717, 1.165) is 18.4 Å². The number of carbonyl (C=O) groups excluding carboxylic acids is 1. The van der Waals surface area contributed by atoms with Crippen molar-refractivity contribution in [3.05, 3.63) is 17.6 Å². The number of hydrogen-bond donors (Lipinski definition) is 0. The number of rotatable bonds is 3. The number of aliphatic imine (C=N–C) groups is 1. The zero-order chi connectivity index (χ0) is 15.7. The third kappa shape index (κ3) is 2.76. The van der Waals surface area contributed by atoms with Crippen LogP contribution in [0.25, 0.3) is 0 Å². The van der Waals surface area contributed by atoms with Gasteiger partial charge in [0, 0.05) is 23.9 Å². The van der Waals surface area contributed by atoms with Crippen molar-refractivity contribution in [1.82, 2.24) is 9.97 Å². The molecule has 3 aliphatic carbocycles. The molecule has 0 radical (unpaired) electrons. The first-order valence-electron chi connectivity index (χ1n) is 8.02. The van der Waals surface area contributed by atoms with E-state index in [-0.39, 0.29) is 17.8 Å². The number of fused-ring (bicyclic) bond motifs is 3. The lowest BCUT2D eigenvalue weighted by Gasteiger charge is -2.45. The molecule has 2 bridgehead atoms. The van der Waals surface area contributed by atoms with E-state index in [4.69, 9.17) is 4.74 Å². The number of methoxy groups -OCH3 is 1. The smallest absolute Gasteiger partial charge is 0.309 e. The van der Waals surface area contributed by atoms with Gasteiger partial charge in [0.05, 0.1) is 13.0 Å². The number of nitrogens with zero attached hydrogens (tertiary/aromatic N) is 3. The summed E-state index contributed by atoms with van der Waals surface area (Å²) in [5.41, 5.74) is 0.956. The van der Waals surface area contributed by atoms with E-state index < -0.39 is 0 Å². The Kier molecular flexibility index (Phi) is 4.23. The largest absolute Gasteiger partial charge is 0.469 e. The molecule has 3 fully saturated rings. The van der Waals surface area contributed by atoms with Gasteiger partial charge in [-0.3, -0.25) is 4.79 Å². The van der Waals surface area contributed by atoms with Crippen LogP contribution >= 0.6 is 0 Å². The molecule has 2 atom stereocenters. The minimum absolute atomic E-state index is 0.0375. The average molecular weight is 301 g/mol. The SMILES string of the molecule is COC(=O)[C@H]1C2CCC(CC2)[C@@H]1C=Nc1nc(C)ncc1C. The van der Waals surface area contributed by atoms with Gasteiger partial charge in [0.1, 0.15) is 5.82 Å². The van der Waals surface area contributed by atoms with Crippen molar-refractivity contribution in [2.24, 2.45) is 28.7 Å². The van der Waals surface area contributed by atoms with Crippen LogP contribution in [0.5, 0.6) is 0 Å². The number of aromatic nitrogens is 2. The second-order valence-electron chi connectivity index (χ2n) is 6.50. The Morgan fingerprint density at radius 1 is 1.27 bits per heavy atom. The first-order valence-corrected chi connectivity index (χ1v) is 8.02. The Labute approximate surface area is 131 Å². The van der Waals surface area contributed by atoms with E-state index >= 15 is 0 Å². The molecule has 3 saturated carbocycles. The number of hydrogen-bond acceptors (Lipinski definition) is 5. The van der Waals surface area contributed by atoms with E-state index in [1.54, 1.807) is 6.20 Å². The zero-order valence-electron chi connectivity index (χ0n) is 13.5. The Balaban J connectivity index is 1.86. The molecular weight excluding hydrogens is 278 g/mol. The highest BCUT2D eigenvalue weighted by molar-refractivity contribution is 5.80. The first kappa shape index (κ1) is 15.1. The summed E-state index contributed by atoms with van der Waals surface area (Å²) in [6.45, 7) is 3.81. The molecule has 5 heteroatoms. The molecule has 0 aliphatic heterocycles. The summed E-state index contributed by atoms with van der Waals surface area (Å²) in [6, 6.07) is 0. The van der Waals surface area contributed by atoms with E-state index in [9.17, 15) is 4.79 Å². The van der Waals surface area contributed by atoms with Gasteiger partial charge in [-0.2, -0.15) is 0 Å². The van der Waals surface area contributed by atoms with Gasteiger partial charge in [-0.1, -0.05) is 0 Å². The van der Waals surface area contributed by atoms with Crippen molar-refractivity contribution in [3.8, 4) is 0 Å². The maximum Gasteiger partial charge on any atom is 0.309 e. The van der Waals surface area contributed by atoms with Gasteiger partial charge in [-0.25, -0.2) is 15.0 Å². The number of ether oxygens (including phenoxy) is 1. The van der Waals surface area contributed by atoms with Crippen LogP contribution < -0.4 is 0 Å². The van der Waals surface area contributed by atoms with Gasteiger partial charge in [-0.15, -0.1) is 0 Å². The molecule has 0 N–H and O–H groups in total. The first-order chi connectivity index (χ1) is 10.6. The second-order valence-corrected chi connectivity index (χ2v) is 6.50. The highest BCUT2D eigenvalue weighted by Gasteiger charge is 2.46. The average Bonchev–Trinajstić information content (AvgIpc) is 2.55. The lowest BCUT2D eigenvalue weighted by atomic mass is 9.59. The summed E-state index contributed by atoms with van der Waals surface area (Å²) < 4.78 is 5.04. The quantitative estimate of drug-likeness (QED) is 0.636. The van der Waals surface area contributed by atoms with Crippen molar-refractivity contribution in [3.63, 3.8) is 0 Å². The number of carbonyl (C=O) groups is 1. The van der Waals surface area contributed by atoms with Crippen molar-refractivity contribution in [2.45, 2.75) is 39.5 Å². The molecule has 22 heavy (non-hydrogen) atoms. The highest BCUT2D eigenvalue weighted by atomic mass is 16.5. The fraction of sp³-hybridized carbons (Fsp3) is 0.647. The van der Waals surface area contributed by atoms with E-state index in [1.807, 2.05) is 20.1 Å². The Bertz CT molecular complexity index is 592. The number of esters is 1. The summed E-state index contributed by atoms with van der Waals surface area (Å²) in [5.74, 6) is 2.47. The molecule has 1 aromatic rings. The van der Waals surface area contributed by atoms with Crippen molar-refractivity contribution in [2.75, 3.05) is 7.11 Å². The van der Waals surface area contributed by atoms with Crippen LogP contribution in [0.2, 0.25) is 0 Å². The molecule has 0 aromatic carbocycles. The lowest BCUT2D eigenvalue weighted by Crippen LogP contribution is -2.45. The highest BCUT2D eigenvalue weighted by Crippen LogP contribution is 2.48. The Hall–Kier alpha value is -1.78. The van der Waals surface area contributed by atoms with Crippen LogP contribution in [0.15, 0.2) is 11.2 Å². The van der Waals surface area contributed by atoms with E-state index in [0.29, 0.717) is 23.5 Å². The van der Waals surface area contributed by atoms with Gasteiger partial charge in [0.2, 0.25) is 0 Å². The summed E-state index contributed by atoms with van der Waals surface area (Å²) >= 11 is 0. The molecule has 5 nitrogen and oxygen atoms in total. The third-order valence-corrected chi connectivity index (χ3v) is 5.19. The monoisotopic (exact) mass is 301 g/mol. The van der Waals surface area contributed by atoms with Gasteiger partial charge in [-0.05, 0) is 51.4 Å². The van der Waals surface area contributed by atoms with Gasteiger partial charge >= 0.3 is 5.97 Å². The van der Waals surface area contributed by atoms with Crippen LogP contribution in [0, 0.1) is 37.5 Å². The molecule has 1 heterocycles. The molecular formula is C17H23N3O2. The van der Waals surface area contributed by atoms with Crippen LogP contribution in [0.3, 0.4) is 0 Å². The molecule has 0 amide bonds. The predicted molar refractivity (Wildman–Crippen MR) is 84.1 cm³/mol. The molecule has 118 valence electrons. The van der Waals surface area contributed by atoms with Crippen molar-refractivity contribution >= 4 is 18.0 Å². The maximum absolute atomic E-state index is 12.2. The second kappa shape index (κ2) is 6.15. The van der Waals surface area contributed by atoms with Crippen molar-refractivity contribution in [1.29, 1.82) is 0 Å². The van der Waals surface area contributed by atoms with Gasteiger partial charge < -0.3 is 4.74 Å². The normalized spacial score (nSPS) is 30.7. The predicted octanol–water partition coefficient (Wildman–Crippen LogP) is 3.02. The fourth-order valence-corrected chi connectivity index (χ4v) is 4.00. The fourth-order valence-electron chi connectivity index (χ4n) is 4.00. The number of aryl methyl sites for hydroxylation is 2. The topological polar surface area (TPSA) is 64.4 Å². The molecule has 0 spiro atoms. The van der Waals surface area contributed by atoms with Crippen LogP contribution in [0.1, 0.15) is 37.1 Å². The summed E-state index contributed by atoms with van der Waals surface area (Å²) in [6.07, 6.45) is 8.40. The van der Waals surface area contributed by atoms with Gasteiger partial charge in [0.15, 0.2) is 5.82 Å². The minimum Gasteiger partial charge on any atom is -0.469 e. The molecule has 4 rings (SSSR count). The summed E-state index contributed by atoms with van der Waals surface area (Å²) in [4.78, 5) is 25.3. The van der Waals surface area contributed by atoms with Crippen molar-refractivity contribution < 1.29 is 9.53 Å². The zero-order valence-corrected chi connectivity index (χ0v) is 13.5. The standard InChI is InChI=1S/C17H23N3O2/c1-10-8-18-11(2)20-16(10)19-9-14-12-4-6-13(7-5-12)15(14)17(21)22-3/h8-9,12-15H,4-7H2,1-3H3/t12?,13?,14-,15-/m0/s1. The van der Waals surface area contributed by atoms with Gasteiger partial charge in [0.25, 0.3) is 0 Å². The lowest BCUT2D eigenvalue weighted by molar-refractivity contribution is -0.153. The van der Waals surface area contributed by atoms with E-state index in [1.165, 1.54) is 20.0 Å². The minimum atomic E-state index is -0.0820. The maximum atomic E-state index is 12.2. The van der Waals surface area contributed by atoms with E-state index in [2.05, 4.69) is 15.0 Å². The summed E-state index contributed by atoms with van der Waals surface area (Å²) in [7, 11) is 1.48. The third-order valence-electron chi connectivity index (χ3n) is 5.19. The molecule has 0 unspecified atom stereocenters. The Morgan fingerprint density at radius 2 is 1.95 bits per heavy atom.